The van der Waals surface area contributed by atoms with Crippen molar-refractivity contribution in [3.05, 3.63) is 58.7 Å². The number of carbonyl (C=O) groups is 2. The summed E-state index contributed by atoms with van der Waals surface area (Å²) in [6.07, 6.45) is 0.857. The Bertz CT molecular complexity index is 711. The molecule has 2 heteroatoms. The minimum atomic E-state index is -0.389. The number of aryl methyl sites for hydroxylation is 2. The molecule has 0 saturated heterocycles. The topological polar surface area (TPSA) is 34.1 Å². The first-order chi connectivity index (χ1) is 9.11. The fourth-order valence-electron chi connectivity index (χ4n) is 2.56. The fourth-order valence-corrected chi connectivity index (χ4v) is 2.56. The Balaban J connectivity index is 2.32. The fraction of sp³-hybridized carbons (Fsp3) is 0.176. The molecule has 0 N–H and O–H groups in total. The van der Waals surface area contributed by atoms with Crippen LogP contribution in [0.5, 0.6) is 0 Å². The van der Waals surface area contributed by atoms with E-state index in [1.807, 2.05) is 44.2 Å². The van der Waals surface area contributed by atoms with Gasteiger partial charge in [0.05, 0.1) is 0 Å². The van der Waals surface area contributed by atoms with Crippen molar-refractivity contribution < 1.29 is 9.59 Å². The average molecular weight is 250 g/mol. The van der Waals surface area contributed by atoms with Crippen molar-refractivity contribution in [2.75, 3.05) is 0 Å². The monoisotopic (exact) mass is 250 g/mol. The van der Waals surface area contributed by atoms with Crippen LogP contribution in [0.1, 0.15) is 38.8 Å². The van der Waals surface area contributed by atoms with Gasteiger partial charge in [-0.1, -0.05) is 36.8 Å². The molecule has 0 fully saturated rings. The molecule has 0 aliphatic heterocycles. The summed E-state index contributed by atoms with van der Waals surface area (Å²) < 4.78 is 0. The number of carbonyl (C=O) groups excluding carboxylic acids is 2. The molecule has 0 heterocycles. The molecular formula is C17H14O2. The highest BCUT2D eigenvalue weighted by atomic mass is 16.2. The summed E-state index contributed by atoms with van der Waals surface area (Å²) in [6, 6.07) is 11.5. The van der Waals surface area contributed by atoms with E-state index in [0.29, 0.717) is 11.1 Å². The van der Waals surface area contributed by atoms with E-state index in [2.05, 4.69) is 0 Å². The summed E-state index contributed by atoms with van der Waals surface area (Å²) >= 11 is 0. The summed E-state index contributed by atoms with van der Waals surface area (Å²) in [5, 5.41) is 0. The lowest BCUT2D eigenvalue weighted by Gasteiger charge is -2.19. The molecule has 2 aromatic rings. The molecule has 0 radical (unpaired) electrons. The molecule has 0 amide bonds. The first kappa shape index (κ1) is 11.8. The van der Waals surface area contributed by atoms with E-state index in [9.17, 15) is 9.59 Å². The lowest BCUT2D eigenvalue weighted by Crippen LogP contribution is -2.21. The van der Waals surface area contributed by atoms with Crippen molar-refractivity contribution in [1.82, 2.24) is 0 Å². The summed E-state index contributed by atoms with van der Waals surface area (Å²) in [7, 11) is 0. The number of hydrogen-bond acceptors (Lipinski definition) is 2. The van der Waals surface area contributed by atoms with Gasteiger partial charge >= 0.3 is 0 Å². The third kappa shape index (κ3) is 1.72. The zero-order chi connectivity index (χ0) is 13.6. The Kier molecular flexibility index (Phi) is 2.59. The van der Waals surface area contributed by atoms with Gasteiger partial charge in [-0.15, -0.1) is 0 Å². The van der Waals surface area contributed by atoms with Crippen LogP contribution in [0.4, 0.5) is 0 Å². The molecule has 0 saturated carbocycles. The van der Waals surface area contributed by atoms with Crippen molar-refractivity contribution in [3.8, 4) is 11.1 Å². The van der Waals surface area contributed by atoms with E-state index in [1.54, 1.807) is 6.07 Å². The van der Waals surface area contributed by atoms with Crippen LogP contribution in [0, 0.1) is 6.92 Å². The second-order valence-electron chi connectivity index (χ2n) is 4.94. The van der Waals surface area contributed by atoms with Crippen LogP contribution in [-0.2, 0) is 6.42 Å². The SMILES string of the molecule is CCc1ccc2c(c1)C(=O)C(=O)c1cc(C)ccc1-2. The number of ketones is 2. The van der Waals surface area contributed by atoms with E-state index in [-0.39, 0.29) is 11.6 Å². The molecule has 1 aliphatic rings. The molecule has 0 unspecified atom stereocenters. The number of fused-ring (bicyclic) bond motifs is 3. The van der Waals surface area contributed by atoms with Crippen molar-refractivity contribution >= 4 is 11.6 Å². The molecule has 2 nitrogen and oxygen atoms in total. The lowest BCUT2D eigenvalue weighted by atomic mass is 9.82. The van der Waals surface area contributed by atoms with Crippen LogP contribution in [0.3, 0.4) is 0 Å². The van der Waals surface area contributed by atoms with Gasteiger partial charge < -0.3 is 0 Å². The lowest BCUT2D eigenvalue weighted by molar-refractivity contribution is 0.0815. The van der Waals surface area contributed by atoms with Crippen LogP contribution in [0.15, 0.2) is 36.4 Å². The molecule has 94 valence electrons. The predicted molar refractivity (Wildman–Crippen MR) is 74.7 cm³/mol. The molecule has 2 aromatic carbocycles. The van der Waals surface area contributed by atoms with Crippen LogP contribution in [0.25, 0.3) is 11.1 Å². The largest absolute Gasteiger partial charge is 0.285 e. The van der Waals surface area contributed by atoms with E-state index in [4.69, 9.17) is 0 Å². The average Bonchev–Trinajstić information content (AvgIpc) is 2.44. The van der Waals surface area contributed by atoms with Crippen molar-refractivity contribution in [2.45, 2.75) is 20.3 Å². The molecule has 0 spiro atoms. The minimum Gasteiger partial charge on any atom is -0.285 e. The summed E-state index contributed by atoms with van der Waals surface area (Å²) in [6.45, 7) is 3.96. The van der Waals surface area contributed by atoms with E-state index < -0.39 is 0 Å². The van der Waals surface area contributed by atoms with E-state index >= 15 is 0 Å². The third-order valence-corrected chi connectivity index (χ3v) is 3.65. The number of hydrogen-bond donors (Lipinski definition) is 0. The summed E-state index contributed by atoms with van der Waals surface area (Å²) in [5.41, 5.74) is 4.89. The third-order valence-electron chi connectivity index (χ3n) is 3.65. The Morgan fingerprint density at radius 2 is 1.37 bits per heavy atom. The number of benzene rings is 2. The van der Waals surface area contributed by atoms with Gasteiger partial charge in [0.15, 0.2) is 0 Å². The van der Waals surface area contributed by atoms with Gasteiger partial charge in [-0.2, -0.15) is 0 Å². The van der Waals surface area contributed by atoms with Gasteiger partial charge in [-0.05, 0) is 42.2 Å². The Hall–Kier alpha value is -2.22. The standard InChI is InChI=1S/C17H14O2/c1-3-11-5-7-13-12-6-4-10(2)8-14(12)16(18)17(19)15(13)9-11/h4-9H,3H2,1-2H3. The maximum absolute atomic E-state index is 12.2. The van der Waals surface area contributed by atoms with Crippen molar-refractivity contribution in [1.29, 1.82) is 0 Å². The number of rotatable bonds is 1. The highest BCUT2D eigenvalue weighted by Crippen LogP contribution is 2.34. The molecule has 1 aliphatic carbocycles. The van der Waals surface area contributed by atoms with Crippen molar-refractivity contribution in [3.63, 3.8) is 0 Å². The Morgan fingerprint density at radius 1 is 0.789 bits per heavy atom. The van der Waals surface area contributed by atoms with Gasteiger partial charge in [0, 0.05) is 11.1 Å². The second kappa shape index (κ2) is 4.16. The van der Waals surface area contributed by atoms with Crippen LogP contribution < -0.4 is 0 Å². The number of Topliss-reactive ketones (excluding diaryl/α,β-unsaturated/α-hetero) is 2. The summed E-state index contributed by atoms with van der Waals surface area (Å²) in [5.74, 6) is -0.775. The normalized spacial score (nSPS) is 13.2. The molecule has 3 rings (SSSR count). The molecular weight excluding hydrogens is 236 g/mol. The smallest absolute Gasteiger partial charge is 0.234 e. The van der Waals surface area contributed by atoms with Gasteiger partial charge in [-0.25, -0.2) is 0 Å². The first-order valence-electron chi connectivity index (χ1n) is 6.44. The maximum Gasteiger partial charge on any atom is 0.234 e. The molecule has 0 aromatic heterocycles. The molecule has 19 heavy (non-hydrogen) atoms. The van der Waals surface area contributed by atoms with E-state index in [1.165, 1.54) is 0 Å². The van der Waals surface area contributed by atoms with E-state index in [0.717, 1.165) is 28.7 Å². The minimum absolute atomic E-state index is 0.386. The second-order valence-corrected chi connectivity index (χ2v) is 4.94. The highest BCUT2D eigenvalue weighted by molar-refractivity contribution is 6.53. The quantitative estimate of drug-likeness (QED) is 0.725. The van der Waals surface area contributed by atoms with Gasteiger partial charge in [0.2, 0.25) is 11.6 Å². The van der Waals surface area contributed by atoms with Crippen LogP contribution >= 0.6 is 0 Å². The van der Waals surface area contributed by atoms with Crippen LogP contribution in [-0.4, -0.2) is 11.6 Å². The van der Waals surface area contributed by atoms with Crippen molar-refractivity contribution in [2.24, 2.45) is 0 Å². The van der Waals surface area contributed by atoms with Gasteiger partial charge in [0.25, 0.3) is 0 Å². The summed E-state index contributed by atoms with van der Waals surface area (Å²) in [4.78, 5) is 24.4. The van der Waals surface area contributed by atoms with Gasteiger partial charge in [-0.3, -0.25) is 9.59 Å². The van der Waals surface area contributed by atoms with Crippen LogP contribution in [0.2, 0.25) is 0 Å². The molecule has 0 atom stereocenters. The Labute approximate surface area is 112 Å². The zero-order valence-electron chi connectivity index (χ0n) is 11.0. The highest BCUT2D eigenvalue weighted by Gasteiger charge is 2.30. The Morgan fingerprint density at radius 3 is 2.00 bits per heavy atom. The van der Waals surface area contributed by atoms with Gasteiger partial charge in [0.1, 0.15) is 0 Å². The predicted octanol–water partition coefficient (Wildman–Crippen LogP) is 3.60. The zero-order valence-corrected chi connectivity index (χ0v) is 11.0. The molecule has 0 bridgehead atoms. The first-order valence-corrected chi connectivity index (χ1v) is 6.44. The maximum atomic E-state index is 12.2.